The van der Waals surface area contributed by atoms with E-state index in [1.807, 2.05) is 29.9 Å². The Morgan fingerprint density at radius 1 is 1.32 bits per heavy atom. The molecule has 0 aliphatic carbocycles. The molecule has 0 atom stereocenters. The van der Waals surface area contributed by atoms with Crippen LogP contribution >= 0.6 is 23.1 Å². The van der Waals surface area contributed by atoms with Gasteiger partial charge in [0.05, 0.1) is 16.8 Å². The van der Waals surface area contributed by atoms with Crippen molar-refractivity contribution in [3.63, 3.8) is 0 Å². The maximum atomic E-state index is 12.1. The molecule has 3 aromatic rings. The number of esters is 1. The molecule has 3 rings (SSSR count). The van der Waals surface area contributed by atoms with Gasteiger partial charge in [0.25, 0.3) is 0 Å². The molecule has 0 N–H and O–H groups in total. The van der Waals surface area contributed by atoms with Gasteiger partial charge >= 0.3 is 5.97 Å². The van der Waals surface area contributed by atoms with Gasteiger partial charge < -0.3 is 4.74 Å². The number of tetrazole rings is 1. The molecule has 2 aromatic heterocycles. The fourth-order valence-corrected chi connectivity index (χ4v) is 3.54. The van der Waals surface area contributed by atoms with Crippen molar-refractivity contribution in [2.75, 3.05) is 0 Å². The van der Waals surface area contributed by atoms with E-state index in [0.29, 0.717) is 17.9 Å². The second-order valence-electron chi connectivity index (χ2n) is 5.19. The highest BCUT2D eigenvalue weighted by atomic mass is 32.2. The van der Waals surface area contributed by atoms with Crippen molar-refractivity contribution in [3.05, 3.63) is 52.2 Å². The van der Waals surface area contributed by atoms with E-state index < -0.39 is 0 Å². The number of nitrogens with zero attached hydrogens (tertiary/aromatic N) is 5. The molecular formula is C16H17N5O2S2. The molecule has 0 radical (unpaired) electrons. The average Bonchev–Trinajstić information content (AvgIpc) is 3.30. The molecule has 0 amide bonds. The predicted octanol–water partition coefficient (Wildman–Crippen LogP) is 3.19. The van der Waals surface area contributed by atoms with Crippen molar-refractivity contribution in [3.8, 4) is 0 Å². The van der Waals surface area contributed by atoms with E-state index in [4.69, 9.17) is 4.74 Å². The summed E-state index contributed by atoms with van der Waals surface area (Å²) in [5.74, 6) is 0.973. The lowest BCUT2D eigenvalue weighted by Crippen LogP contribution is -2.11. The summed E-state index contributed by atoms with van der Waals surface area (Å²) in [6, 6.07) is 7.35. The number of hydrogen-bond donors (Lipinski definition) is 0. The summed E-state index contributed by atoms with van der Waals surface area (Å²) in [6.07, 6.45) is 0.909. The Kier molecular flexibility index (Phi) is 6.13. The number of thioether (sulfide) groups is 1. The second-order valence-corrected chi connectivity index (χ2v) is 6.95. The molecule has 0 aliphatic rings. The van der Waals surface area contributed by atoms with Crippen molar-refractivity contribution in [2.45, 2.75) is 37.1 Å². The summed E-state index contributed by atoms with van der Waals surface area (Å²) in [5, 5.41) is 13.4. The van der Waals surface area contributed by atoms with Crippen LogP contribution in [-0.2, 0) is 23.6 Å². The topological polar surface area (TPSA) is 82.8 Å². The normalized spacial score (nSPS) is 10.8. The molecule has 0 bridgehead atoms. The van der Waals surface area contributed by atoms with Crippen LogP contribution in [0.25, 0.3) is 0 Å². The highest BCUT2D eigenvalue weighted by Crippen LogP contribution is 2.23. The van der Waals surface area contributed by atoms with Gasteiger partial charge in [0.1, 0.15) is 0 Å². The van der Waals surface area contributed by atoms with E-state index in [1.165, 1.54) is 0 Å². The van der Waals surface area contributed by atoms with Crippen LogP contribution in [0.1, 0.15) is 35.2 Å². The number of thiazole rings is 1. The molecule has 0 saturated carbocycles. The van der Waals surface area contributed by atoms with Gasteiger partial charge in [-0.05, 0) is 41.1 Å². The van der Waals surface area contributed by atoms with Crippen molar-refractivity contribution in [2.24, 2.45) is 0 Å². The highest BCUT2D eigenvalue weighted by molar-refractivity contribution is 7.98. The molecule has 0 saturated heterocycles. The zero-order valence-electron chi connectivity index (χ0n) is 13.7. The zero-order chi connectivity index (χ0) is 17.5. The Labute approximate surface area is 153 Å². The van der Waals surface area contributed by atoms with Gasteiger partial charge in [0.15, 0.2) is 12.4 Å². The summed E-state index contributed by atoms with van der Waals surface area (Å²) in [5.41, 5.74) is 3.39. The number of carbonyl (C=O) groups excluding carboxylic acids is 1. The molecule has 0 unspecified atom stereocenters. The number of carbonyl (C=O) groups is 1. The fraction of sp³-hybridized carbons (Fsp3) is 0.312. The van der Waals surface area contributed by atoms with Crippen LogP contribution < -0.4 is 0 Å². The van der Waals surface area contributed by atoms with E-state index in [9.17, 15) is 4.79 Å². The maximum absolute atomic E-state index is 12.1. The Morgan fingerprint density at radius 3 is 2.88 bits per heavy atom. The summed E-state index contributed by atoms with van der Waals surface area (Å²) >= 11 is 3.27. The van der Waals surface area contributed by atoms with E-state index in [1.54, 1.807) is 39.9 Å². The standard InChI is InChI=1S/C16H17N5O2S2/c1-2-7-21-15(18-19-20-21)8-23-16(22)12-3-5-14(6-4-12)25-10-13-9-24-11-17-13/h3-6,9,11H,2,7-8,10H2,1H3. The largest absolute Gasteiger partial charge is 0.454 e. The second kappa shape index (κ2) is 8.72. The smallest absolute Gasteiger partial charge is 0.338 e. The van der Waals surface area contributed by atoms with Crippen LogP contribution in [0.2, 0.25) is 0 Å². The lowest BCUT2D eigenvalue weighted by Gasteiger charge is -2.06. The van der Waals surface area contributed by atoms with Crippen LogP contribution in [0.5, 0.6) is 0 Å². The van der Waals surface area contributed by atoms with Crippen LogP contribution in [0.3, 0.4) is 0 Å². The molecule has 7 nitrogen and oxygen atoms in total. The van der Waals surface area contributed by atoms with Gasteiger partial charge in [0.2, 0.25) is 0 Å². The first-order chi connectivity index (χ1) is 12.3. The van der Waals surface area contributed by atoms with E-state index in [0.717, 1.165) is 22.8 Å². The summed E-state index contributed by atoms with van der Waals surface area (Å²) in [4.78, 5) is 17.5. The third-order valence-electron chi connectivity index (χ3n) is 3.33. The van der Waals surface area contributed by atoms with Gasteiger partial charge in [-0.15, -0.1) is 28.2 Å². The first-order valence-electron chi connectivity index (χ1n) is 7.78. The minimum absolute atomic E-state index is 0.0617. The Bertz CT molecular complexity index is 802. The third-order valence-corrected chi connectivity index (χ3v) is 5.01. The Hall–Kier alpha value is -2.26. The number of aryl methyl sites for hydroxylation is 1. The van der Waals surface area contributed by atoms with Gasteiger partial charge in [0, 0.05) is 22.6 Å². The number of aromatic nitrogens is 5. The number of benzene rings is 1. The Balaban J connectivity index is 1.52. The molecule has 1 aromatic carbocycles. The average molecular weight is 375 g/mol. The summed E-state index contributed by atoms with van der Waals surface area (Å²) < 4.78 is 6.94. The molecule has 25 heavy (non-hydrogen) atoms. The number of ether oxygens (including phenoxy) is 1. The van der Waals surface area contributed by atoms with E-state index in [2.05, 4.69) is 20.5 Å². The van der Waals surface area contributed by atoms with Gasteiger partial charge in [-0.25, -0.2) is 14.5 Å². The van der Waals surface area contributed by atoms with Crippen LogP contribution in [0.15, 0.2) is 40.1 Å². The van der Waals surface area contributed by atoms with Gasteiger partial charge in [-0.1, -0.05) is 6.92 Å². The first kappa shape index (κ1) is 17.6. The highest BCUT2D eigenvalue weighted by Gasteiger charge is 2.11. The number of rotatable bonds is 8. The fourth-order valence-electron chi connectivity index (χ4n) is 2.08. The van der Waals surface area contributed by atoms with E-state index >= 15 is 0 Å². The van der Waals surface area contributed by atoms with Crippen molar-refractivity contribution >= 4 is 29.1 Å². The number of hydrogen-bond acceptors (Lipinski definition) is 8. The van der Waals surface area contributed by atoms with Crippen LogP contribution in [0.4, 0.5) is 0 Å². The van der Waals surface area contributed by atoms with Crippen molar-refractivity contribution in [1.29, 1.82) is 0 Å². The lowest BCUT2D eigenvalue weighted by atomic mass is 10.2. The van der Waals surface area contributed by atoms with Gasteiger partial charge in [-0.2, -0.15) is 0 Å². The molecular weight excluding hydrogens is 358 g/mol. The molecule has 0 fully saturated rings. The van der Waals surface area contributed by atoms with Crippen molar-refractivity contribution < 1.29 is 9.53 Å². The molecule has 130 valence electrons. The lowest BCUT2D eigenvalue weighted by molar-refractivity contribution is 0.0456. The van der Waals surface area contributed by atoms with Crippen LogP contribution in [0, 0.1) is 0 Å². The molecule has 2 heterocycles. The van der Waals surface area contributed by atoms with E-state index in [-0.39, 0.29) is 12.6 Å². The minimum atomic E-state index is -0.387. The van der Waals surface area contributed by atoms with Gasteiger partial charge in [-0.3, -0.25) is 0 Å². The first-order valence-corrected chi connectivity index (χ1v) is 9.71. The Morgan fingerprint density at radius 2 is 2.16 bits per heavy atom. The molecule has 9 heteroatoms. The monoisotopic (exact) mass is 375 g/mol. The quantitative estimate of drug-likeness (QED) is 0.442. The van der Waals surface area contributed by atoms with Crippen LogP contribution in [-0.4, -0.2) is 31.2 Å². The molecule has 0 spiro atoms. The summed E-state index contributed by atoms with van der Waals surface area (Å²) in [6.45, 7) is 2.79. The minimum Gasteiger partial charge on any atom is -0.454 e. The predicted molar refractivity (Wildman–Crippen MR) is 95.3 cm³/mol. The summed E-state index contributed by atoms with van der Waals surface area (Å²) in [7, 11) is 0. The SMILES string of the molecule is CCCn1nnnc1COC(=O)c1ccc(SCc2cscn2)cc1. The zero-order valence-corrected chi connectivity index (χ0v) is 15.3. The third kappa shape index (κ3) is 4.86. The van der Waals surface area contributed by atoms with Crippen molar-refractivity contribution in [1.82, 2.24) is 25.2 Å². The maximum Gasteiger partial charge on any atom is 0.338 e. The molecule has 0 aliphatic heterocycles.